The first kappa shape index (κ1) is 9.28. The van der Waals surface area contributed by atoms with Gasteiger partial charge in [0.15, 0.2) is 11.4 Å². The lowest BCUT2D eigenvalue weighted by Gasteiger charge is -2.01. The van der Waals surface area contributed by atoms with E-state index in [1.807, 2.05) is 0 Å². The Kier molecular flexibility index (Phi) is 3.85. The first-order valence-electron chi connectivity index (χ1n) is 2.50. The van der Waals surface area contributed by atoms with E-state index in [4.69, 9.17) is 15.9 Å². The normalized spacial score (nSPS) is 11.8. The van der Waals surface area contributed by atoms with Crippen molar-refractivity contribution in [3.05, 3.63) is 0 Å². The first-order valence-corrected chi connectivity index (χ1v) is 2.90. The molecule has 0 aromatic heterocycles. The molecule has 0 aliphatic rings. The van der Waals surface area contributed by atoms with Crippen LogP contribution in [-0.2, 0) is 0 Å². The number of hydrogen-bond acceptors (Lipinski definition) is 4. The van der Waals surface area contributed by atoms with E-state index < -0.39 is 6.29 Å². The van der Waals surface area contributed by atoms with Crippen molar-refractivity contribution in [1.29, 1.82) is 0 Å². The van der Waals surface area contributed by atoms with Crippen molar-refractivity contribution < 1.29 is 10.2 Å². The van der Waals surface area contributed by atoms with Gasteiger partial charge in [-0.05, 0) is 19.1 Å². The fraction of sp³-hybridized carbons (Fsp3) is 0.500. The van der Waals surface area contributed by atoms with Gasteiger partial charge in [0, 0.05) is 0 Å². The Morgan fingerprint density at radius 2 is 2.20 bits per heavy atom. The van der Waals surface area contributed by atoms with Gasteiger partial charge in [0.25, 0.3) is 0 Å². The molecule has 0 fully saturated rings. The number of aliphatic hydroxyl groups is 2. The Bertz CT molecular complexity index is 157. The molecule has 0 radical (unpaired) electrons. The number of thiocarbonyl (C=S) groups is 1. The molecule has 0 aromatic rings. The van der Waals surface area contributed by atoms with Crippen LogP contribution in [0.3, 0.4) is 0 Å². The monoisotopic (exact) mass is 163 g/mol. The Hall–Kier alpha value is -0.720. The zero-order valence-corrected chi connectivity index (χ0v) is 6.22. The lowest BCUT2D eigenvalue weighted by atomic mass is 10.4. The van der Waals surface area contributed by atoms with Crippen LogP contribution >= 0.6 is 12.2 Å². The molecular formula is C4H9N3O2S. The van der Waals surface area contributed by atoms with Crippen LogP contribution < -0.4 is 11.2 Å². The highest BCUT2D eigenvalue weighted by atomic mass is 32.1. The highest BCUT2D eigenvalue weighted by Crippen LogP contribution is 1.79. The maximum absolute atomic E-state index is 8.43. The second-order valence-corrected chi connectivity index (χ2v) is 2.04. The molecule has 0 aliphatic heterocycles. The molecule has 0 rings (SSSR count). The molecule has 10 heavy (non-hydrogen) atoms. The minimum atomic E-state index is -1.57. The molecule has 58 valence electrons. The molecule has 0 heterocycles. The summed E-state index contributed by atoms with van der Waals surface area (Å²) in [4.78, 5) is 0. The quantitative estimate of drug-likeness (QED) is 0.172. The lowest BCUT2D eigenvalue weighted by Crippen LogP contribution is -2.27. The highest BCUT2D eigenvalue weighted by molar-refractivity contribution is 7.80. The molecule has 0 spiro atoms. The zero-order valence-electron chi connectivity index (χ0n) is 5.40. The van der Waals surface area contributed by atoms with E-state index in [-0.39, 0.29) is 10.8 Å². The number of nitrogens with zero attached hydrogens (tertiary/aromatic N) is 1. The largest absolute Gasteiger partial charge is 0.375 e. The molecule has 0 unspecified atom stereocenters. The molecule has 0 atom stereocenters. The number of hydrogen-bond donors (Lipinski definition) is 4. The summed E-state index contributed by atoms with van der Waals surface area (Å²) < 4.78 is 0. The molecule has 0 amide bonds. The van der Waals surface area contributed by atoms with E-state index in [1.165, 1.54) is 6.92 Å². The van der Waals surface area contributed by atoms with Gasteiger partial charge in [0.2, 0.25) is 0 Å². The van der Waals surface area contributed by atoms with E-state index in [9.17, 15) is 0 Å². The van der Waals surface area contributed by atoms with E-state index in [0.717, 1.165) is 0 Å². The van der Waals surface area contributed by atoms with E-state index >= 15 is 0 Å². The maximum atomic E-state index is 8.43. The summed E-state index contributed by atoms with van der Waals surface area (Å²) in [6, 6.07) is 0. The SMILES string of the molecule is CC(=NNC(N)=S)C(O)O. The Balaban J connectivity index is 3.80. The topological polar surface area (TPSA) is 90.9 Å². The van der Waals surface area contributed by atoms with Gasteiger partial charge in [0.05, 0.1) is 5.71 Å². The average Bonchev–Trinajstić information content (AvgIpc) is 1.82. The molecule has 0 saturated heterocycles. The van der Waals surface area contributed by atoms with Crippen LogP contribution in [0.25, 0.3) is 0 Å². The van der Waals surface area contributed by atoms with Gasteiger partial charge >= 0.3 is 0 Å². The summed E-state index contributed by atoms with van der Waals surface area (Å²) in [6.07, 6.45) is -1.57. The van der Waals surface area contributed by atoms with Crippen LogP contribution in [0.1, 0.15) is 6.92 Å². The minimum absolute atomic E-state index is 0.0139. The van der Waals surface area contributed by atoms with Gasteiger partial charge < -0.3 is 15.9 Å². The van der Waals surface area contributed by atoms with Crippen molar-refractivity contribution in [1.82, 2.24) is 5.43 Å². The average molecular weight is 163 g/mol. The van der Waals surface area contributed by atoms with Crippen LogP contribution in [0, 0.1) is 0 Å². The lowest BCUT2D eigenvalue weighted by molar-refractivity contribution is 0.0188. The Morgan fingerprint density at radius 1 is 1.70 bits per heavy atom. The number of rotatable bonds is 2. The van der Waals surface area contributed by atoms with E-state index in [0.29, 0.717) is 0 Å². The third-order valence-electron chi connectivity index (χ3n) is 0.716. The smallest absolute Gasteiger partial charge is 0.193 e. The summed E-state index contributed by atoms with van der Waals surface area (Å²) in [5, 5.41) is 20.3. The van der Waals surface area contributed by atoms with E-state index in [2.05, 4.69) is 22.7 Å². The summed E-state index contributed by atoms with van der Waals surface area (Å²) in [5.74, 6) is 0. The highest BCUT2D eigenvalue weighted by Gasteiger charge is 1.99. The van der Waals surface area contributed by atoms with Gasteiger partial charge in [0.1, 0.15) is 0 Å². The fourth-order valence-electron chi connectivity index (χ4n) is 0.201. The summed E-state index contributed by atoms with van der Waals surface area (Å²) in [5.41, 5.74) is 7.30. The van der Waals surface area contributed by atoms with Crippen molar-refractivity contribution in [2.24, 2.45) is 10.8 Å². The summed E-state index contributed by atoms with van der Waals surface area (Å²) in [6.45, 7) is 1.43. The zero-order chi connectivity index (χ0) is 8.15. The van der Waals surface area contributed by atoms with Crippen LogP contribution in [0.5, 0.6) is 0 Å². The molecular weight excluding hydrogens is 154 g/mol. The molecule has 0 saturated carbocycles. The number of nitrogens with one attached hydrogen (secondary N) is 1. The van der Waals surface area contributed by atoms with Gasteiger partial charge in [-0.2, -0.15) is 5.10 Å². The fourth-order valence-corrected chi connectivity index (χ4v) is 0.247. The van der Waals surface area contributed by atoms with Crippen molar-refractivity contribution in [2.45, 2.75) is 13.2 Å². The Labute approximate surface area is 63.5 Å². The molecule has 0 aromatic carbocycles. The van der Waals surface area contributed by atoms with Crippen LogP contribution in [0.15, 0.2) is 5.10 Å². The van der Waals surface area contributed by atoms with Gasteiger partial charge in [-0.15, -0.1) is 0 Å². The molecule has 0 aliphatic carbocycles. The third-order valence-corrected chi connectivity index (χ3v) is 0.807. The van der Waals surface area contributed by atoms with Crippen molar-refractivity contribution in [3.8, 4) is 0 Å². The predicted octanol–water partition coefficient (Wildman–Crippen LogP) is -1.49. The summed E-state index contributed by atoms with van der Waals surface area (Å²) in [7, 11) is 0. The second kappa shape index (κ2) is 4.15. The molecule has 6 heteroatoms. The third kappa shape index (κ3) is 4.19. The van der Waals surface area contributed by atoms with Crippen LogP contribution in [0.4, 0.5) is 0 Å². The second-order valence-electron chi connectivity index (χ2n) is 1.60. The van der Waals surface area contributed by atoms with Crippen LogP contribution in [0.2, 0.25) is 0 Å². The molecule has 0 bridgehead atoms. The van der Waals surface area contributed by atoms with Crippen molar-refractivity contribution in [2.75, 3.05) is 0 Å². The number of hydrazone groups is 1. The summed E-state index contributed by atoms with van der Waals surface area (Å²) >= 11 is 4.40. The van der Waals surface area contributed by atoms with Crippen LogP contribution in [-0.4, -0.2) is 27.3 Å². The van der Waals surface area contributed by atoms with Gasteiger partial charge in [-0.1, -0.05) is 0 Å². The molecule has 5 N–H and O–H groups in total. The van der Waals surface area contributed by atoms with E-state index in [1.54, 1.807) is 0 Å². The first-order chi connectivity index (χ1) is 4.54. The Morgan fingerprint density at radius 3 is 2.50 bits per heavy atom. The molecule has 5 nitrogen and oxygen atoms in total. The van der Waals surface area contributed by atoms with Gasteiger partial charge in [-0.25, -0.2) is 0 Å². The maximum Gasteiger partial charge on any atom is 0.193 e. The minimum Gasteiger partial charge on any atom is -0.375 e. The standard InChI is InChI=1S/C4H9N3O2S/c1-2(3(8)9)6-7-4(5)10/h3,8-9H,1H3,(H3,5,7,10). The van der Waals surface area contributed by atoms with Crippen molar-refractivity contribution >= 4 is 23.0 Å². The number of nitrogens with two attached hydrogens (primary N) is 1. The number of aliphatic hydroxyl groups excluding tert-OH is 1. The van der Waals surface area contributed by atoms with Gasteiger partial charge in [-0.3, -0.25) is 5.43 Å². The predicted molar refractivity (Wildman–Crippen MR) is 41.3 cm³/mol. The van der Waals surface area contributed by atoms with Crippen molar-refractivity contribution in [3.63, 3.8) is 0 Å².